The van der Waals surface area contributed by atoms with E-state index < -0.39 is 47.1 Å². The predicted octanol–water partition coefficient (Wildman–Crippen LogP) is 9.47. The number of halogens is 7. The van der Waals surface area contributed by atoms with E-state index in [4.69, 9.17) is 17.3 Å². The predicted molar refractivity (Wildman–Crippen MR) is 220 cm³/mol. The molecule has 2 heterocycles. The first kappa shape index (κ1) is 45.7. The van der Waals surface area contributed by atoms with Crippen LogP contribution in [0.15, 0.2) is 97.6 Å². The SMILES string of the molecule is Cc1ccc(NC(=O)c2cccc(C(F)(F)F)c2C)cc1C(=O)Nc1cnc(Cl)nc1.Cc1ccc(NC(=O)c2cccc(C(F)(F)F)c2C)cc1C(=O)Nc1cnc(N)nc1. The third kappa shape index (κ3) is 11.4. The number of nitrogens with one attached hydrogen (secondary N) is 4. The Hall–Kier alpha value is -7.41. The molecule has 0 radical (unpaired) electrons. The molecule has 0 aliphatic rings. The summed E-state index contributed by atoms with van der Waals surface area (Å²) in [6.45, 7) is 5.88. The molecule has 4 aromatic carbocycles. The van der Waals surface area contributed by atoms with Crippen molar-refractivity contribution in [2.75, 3.05) is 27.0 Å². The Bertz CT molecular complexity index is 2480. The maximum absolute atomic E-state index is 13.1. The second-order valence-corrected chi connectivity index (χ2v) is 13.7. The Morgan fingerprint density at radius 3 is 1.21 bits per heavy atom. The second kappa shape index (κ2) is 18.9. The zero-order valence-electron chi connectivity index (χ0n) is 32.9. The van der Waals surface area contributed by atoms with E-state index in [9.17, 15) is 45.5 Å². The molecule has 0 fully saturated rings. The highest BCUT2D eigenvalue weighted by Crippen LogP contribution is 2.34. The van der Waals surface area contributed by atoms with E-state index in [-0.39, 0.29) is 56.0 Å². The number of alkyl halides is 6. The fraction of sp³-hybridized carbons (Fsp3) is 0.143. The summed E-state index contributed by atoms with van der Waals surface area (Å²) in [6, 6.07) is 16.0. The quantitative estimate of drug-likeness (QED) is 0.0731. The Morgan fingerprint density at radius 1 is 0.500 bits per heavy atom. The smallest absolute Gasteiger partial charge is 0.368 e. The summed E-state index contributed by atoms with van der Waals surface area (Å²) in [5.41, 5.74) is 6.00. The minimum absolute atomic E-state index is 0.0313. The van der Waals surface area contributed by atoms with Crippen LogP contribution in [0.2, 0.25) is 5.28 Å². The number of rotatable bonds is 8. The number of nitrogens with zero attached hydrogens (tertiary/aromatic N) is 4. The van der Waals surface area contributed by atoms with Crippen LogP contribution < -0.4 is 27.0 Å². The number of aryl methyl sites for hydroxylation is 2. The standard InChI is InChI=1S/C21H16ClF3N4O2.C21H18F3N5O2/c1-11-6-7-13(8-16(11)19(31)29-14-9-26-20(22)27-10-14)28-18(30)15-4-3-5-17(12(15)2)21(23,24)25;1-11-6-7-13(8-16(11)19(31)29-14-9-26-20(25)27-10-14)28-18(30)15-4-3-5-17(12(15)2)21(22,23)24/h3-10H,1-2H3,(H,28,30)(H,29,31);3-10H,1-2H3,(H,28,30)(H,29,31)(H2,25,26,27). The molecule has 6 aromatic rings. The molecule has 0 bridgehead atoms. The number of anilines is 5. The number of nitrogen functional groups attached to an aromatic ring is 1. The van der Waals surface area contributed by atoms with Crippen molar-refractivity contribution < 1.29 is 45.5 Å². The molecular formula is C42H34ClF6N9O4. The molecule has 0 unspecified atom stereocenters. The summed E-state index contributed by atoms with van der Waals surface area (Å²) in [4.78, 5) is 65.5. The minimum atomic E-state index is -4.57. The zero-order chi connectivity index (χ0) is 45.5. The Labute approximate surface area is 354 Å². The van der Waals surface area contributed by atoms with Crippen molar-refractivity contribution in [3.63, 3.8) is 0 Å². The van der Waals surface area contributed by atoms with E-state index in [1.165, 1.54) is 75.0 Å². The number of hydrogen-bond donors (Lipinski definition) is 5. The molecule has 0 spiro atoms. The Kier molecular flexibility index (Phi) is 13.9. The lowest BCUT2D eigenvalue weighted by atomic mass is 10.0. The number of aromatic nitrogens is 4. The molecule has 62 heavy (non-hydrogen) atoms. The molecule has 0 aliphatic heterocycles. The van der Waals surface area contributed by atoms with Crippen molar-refractivity contribution in [3.05, 3.63) is 159 Å². The molecule has 0 saturated carbocycles. The third-order valence-electron chi connectivity index (χ3n) is 9.06. The van der Waals surface area contributed by atoms with Crippen molar-refractivity contribution in [3.8, 4) is 0 Å². The number of amides is 4. The summed E-state index contributed by atoms with van der Waals surface area (Å²) < 4.78 is 78.7. The van der Waals surface area contributed by atoms with Gasteiger partial charge >= 0.3 is 12.4 Å². The van der Waals surface area contributed by atoms with Gasteiger partial charge in [0.1, 0.15) is 0 Å². The van der Waals surface area contributed by atoms with Crippen molar-refractivity contribution in [2.45, 2.75) is 40.0 Å². The highest BCUT2D eigenvalue weighted by Gasteiger charge is 2.34. The maximum Gasteiger partial charge on any atom is 0.416 e. The first-order valence-corrected chi connectivity index (χ1v) is 18.4. The molecule has 0 saturated heterocycles. The number of nitrogens with two attached hydrogens (primary N) is 1. The van der Waals surface area contributed by atoms with E-state index in [0.29, 0.717) is 22.5 Å². The van der Waals surface area contributed by atoms with Gasteiger partial charge in [0, 0.05) is 33.6 Å². The van der Waals surface area contributed by atoms with Crippen LogP contribution in [0, 0.1) is 27.7 Å². The molecular weight excluding hydrogens is 844 g/mol. The van der Waals surface area contributed by atoms with Gasteiger partial charge in [-0.1, -0.05) is 24.3 Å². The lowest BCUT2D eigenvalue weighted by Crippen LogP contribution is -2.18. The normalized spacial score (nSPS) is 11.1. The molecule has 13 nitrogen and oxygen atoms in total. The van der Waals surface area contributed by atoms with Gasteiger partial charge in [-0.2, -0.15) is 26.3 Å². The van der Waals surface area contributed by atoms with Crippen LogP contribution in [0.25, 0.3) is 0 Å². The van der Waals surface area contributed by atoms with Crippen LogP contribution in [0.1, 0.15) is 74.8 Å². The second-order valence-electron chi connectivity index (χ2n) is 13.4. The summed E-state index contributed by atoms with van der Waals surface area (Å²) >= 11 is 5.62. The van der Waals surface area contributed by atoms with E-state index in [1.54, 1.807) is 38.1 Å². The third-order valence-corrected chi connectivity index (χ3v) is 9.25. The van der Waals surface area contributed by atoms with Crippen LogP contribution >= 0.6 is 11.6 Å². The van der Waals surface area contributed by atoms with Gasteiger partial charge in [-0.05, 0) is 110 Å². The molecule has 4 amide bonds. The largest absolute Gasteiger partial charge is 0.416 e. The Balaban J connectivity index is 0.000000234. The van der Waals surface area contributed by atoms with Gasteiger partial charge in [0.25, 0.3) is 23.6 Å². The van der Waals surface area contributed by atoms with Crippen LogP contribution in [-0.4, -0.2) is 43.6 Å². The first-order chi connectivity index (χ1) is 29.1. The summed E-state index contributed by atoms with van der Waals surface area (Å²) in [5, 5.41) is 10.3. The van der Waals surface area contributed by atoms with Gasteiger partial charge in [-0.25, -0.2) is 19.9 Å². The maximum atomic E-state index is 13.1. The number of carbonyl (C=O) groups is 4. The molecule has 20 heteroatoms. The van der Waals surface area contributed by atoms with Crippen LogP contribution in [0.4, 0.5) is 55.0 Å². The van der Waals surface area contributed by atoms with Gasteiger partial charge in [0.05, 0.1) is 47.3 Å². The molecule has 320 valence electrons. The lowest BCUT2D eigenvalue weighted by molar-refractivity contribution is -0.138. The zero-order valence-corrected chi connectivity index (χ0v) is 33.6. The number of benzene rings is 4. The number of hydrogen-bond acceptors (Lipinski definition) is 9. The molecule has 2 aromatic heterocycles. The highest BCUT2D eigenvalue weighted by molar-refractivity contribution is 6.28. The molecule has 0 atom stereocenters. The molecule has 6 N–H and O–H groups in total. The topological polar surface area (TPSA) is 194 Å². The van der Waals surface area contributed by atoms with Gasteiger partial charge in [-0.15, -0.1) is 0 Å². The van der Waals surface area contributed by atoms with Crippen molar-refractivity contribution >= 4 is 63.9 Å². The van der Waals surface area contributed by atoms with Crippen molar-refractivity contribution in [1.82, 2.24) is 19.9 Å². The molecule has 6 rings (SSSR count). The summed E-state index contributed by atoms with van der Waals surface area (Å²) in [5.74, 6) is -2.33. The Morgan fingerprint density at radius 2 is 0.839 bits per heavy atom. The average molecular weight is 878 g/mol. The van der Waals surface area contributed by atoms with E-state index in [2.05, 4.69) is 41.2 Å². The average Bonchev–Trinajstić information content (AvgIpc) is 3.20. The van der Waals surface area contributed by atoms with Gasteiger partial charge in [-0.3, -0.25) is 19.2 Å². The first-order valence-electron chi connectivity index (χ1n) is 18.0. The lowest BCUT2D eigenvalue weighted by Gasteiger charge is -2.14. The van der Waals surface area contributed by atoms with Crippen molar-refractivity contribution in [1.29, 1.82) is 0 Å². The van der Waals surface area contributed by atoms with Gasteiger partial charge in [0.15, 0.2) is 0 Å². The molecule has 0 aliphatic carbocycles. The summed E-state index contributed by atoms with van der Waals surface area (Å²) in [6.07, 6.45) is -3.77. The summed E-state index contributed by atoms with van der Waals surface area (Å²) in [7, 11) is 0. The van der Waals surface area contributed by atoms with E-state index in [1.807, 2.05) is 0 Å². The van der Waals surface area contributed by atoms with Crippen LogP contribution in [0.5, 0.6) is 0 Å². The fourth-order valence-electron chi connectivity index (χ4n) is 5.84. The van der Waals surface area contributed by atoms with Crippen LogP contribution in [0.3, 0.4) is 0 Å². The van der Waals surface area contributed by atoms with Crippen LogP contribution in [-0.2, 0) is 12.4 Å². The fourth-order valence-corrected chi connectivity index (χ4v) is 5.94. The van der Waals surface area contributed by atoms with E-state index in [0.717, 1.165) is 12.1 Å². The van der Waals surface area contributed by atoms with Crippen molar-refractivity contribution in [2.24, 2.45) is 0 Å². The highest BCUT2D eigenvalue weighted by atomic mass is 35.5. The monoisotopic (exact) mass is 877 g/mol. The number of carbonyl (C=O) groups excluding carboxylic acids is 4. The van der Waals surface area contributed by atoms with Gasteiger partial charge < -0.3 is 27.0 Å². The van der Waals surface area contributed by atoms with Gasteiger partial charge in [0.2, 0.25) is 11.2 Å². The minimum Gasteiger partial charge on any atom is -0.368 e. The van der Waals surface area contributed by atoms with E-state index >= 15 is 0 Å².